The van der Waals surface area contributed by atoms with Gasteiger partial charge in [0.2, 0.25) is 0 Å². The monoisotopic (exact) mass is 247 g/mol. The van der Waals surface area contributed by atoms with Gasteiger partial charge < -0.3 is 0 Å². The van der Waals surface area contributed by atoms with E-state index in [1.807, 2.05) is 30.3 Å². The van der Waals surface area contributed by atoms with Crippen molar-refractivity contribution < 1.29 is 4.39 Å². The Morgan fingerprint density at radius 2 is 1.76 bits per heavy atom. The Bertz CT molecular complexity index is 494. The molecule has 0 spiro atoms. The van der Waals surface area contributed by atoms with Crippen LogP contribution in [-0.2, 0) is 0 Å². The van der Waals surface area contributed by atoms with Gasteiger partial charge in [0.1, 0.15) is 5.82 Å². The molecule has 2 heteroatoms. The maximum atomic E-state index is 13.1. The fraction of sp³-hybridized carbons (Fsp3) is 0.133. The van der Waals surface area contributed by atoms with E-state index in [4.69, 9.17) is 11.6 Å². The van der Waals surface area contributed by atoms with Gasteiger partial charge in [-0.05, 0) is 29.7 Å². The first-order valence-corrected chi connectivity index (χ1v) is 5.89. The number of hydrogen-bond acceptors (Lipinski definition) is 0. The van der Waals surface area contributed by atoms with E-state index in [0.29, 0.717) is 6.42 Å². The van der Waals surface area contributed by atoms with Gasteiger partial charge in [0.05, 0.1) is 5.02 Å². The molecule has 0 saturated heterocycles. The van der Waals surface area contributed by atoms with E-state index in [1.165, 1.54) is 11.6 Å². The largest absolute Gasteiger partial charge is 0.205 e. The van der Waals surface area contributed by atoms with Crippen molar-refractivity contribution in [3.63, 3.8) is 0 Å². The molecule has 87 valence electrons. The minimum atomic E-state index is -0.383. The van der Waals surface area contributed by atoms with Gasteiger partial charge >= 0.3 is 0 Å². The second kappa shape index (κ2) is 5.33. The van der Waals surface area contributed by atoms with Gasteiger partial charge in [0.15, 0.2) is 0 Å². The highest BCUT2D eigenvalue weighted by molar-refractivity contribution is 6.30. The minimum Gasteiger partial charge on any atom is -0.205 e. The third-order valence-corrected chi connectivity index (χ3v) is 3.13. The zero-order chi connectivity index (χ0) is 12.3. The lowest BCUT2D eigenvalue weighted by molar-refractivity contribution is 0.626. The van der Waals surface area contributed by atoms with Crippen LogP contribution in [0.1, 0.15) is 23.5 Å². The Morgan fingerprint density at radius 3 is 2.35 bits per heavy atom. The van der Waals surface area contributed by atoms with E-state index in [9.17, 15) is 4.39 Å². The third kappa shape index (κ3) is 2.67. The molecule has 2 rings (SSSR count). The molecule has 0 nitrogen and oxygen atoms in total. The van der Waals surface area contributed by atoms with E-state index in [1.54, 1.807) is 12.1 Å². The number of rotatable bonds is 3. The highest BCUT2D eigenvalue weighted by atomic mass is 35.5. The zero-order valence-corrected chi connectivity index (χ0v) is 10.1. The standard InChI is InChI=1S/C15H13ClF/c1-2-13(11-6-4-3-5-7-11)12-8-9-15(17)14(16)10-12/h3-10,13H,1-2H2. The van der Waals surface area contributed by atoms with Gasteiger partial charge in [-0.1, -0.05) is 54.9 Å². The second-order valence-corrected chi connectivity index (χ2v) is 4.33. The van der Waals surface area contributed by atoms with Crippen LogP contribution < -0.4 is 0 Å². The molecule has 0 aliphatic heterocycles. The fourth-order valence-electron chi connectivity index (χ4n) is 1.94. The topological polar surface area (TPSA) is 0 Å². The Hall–Kier alpha value is -1.34. The maximum absolute atomic E-state index is 13.1. The van der Waals surface area contributed by atoms with E-state index in [-0.39, 0.29) is 16.8 Å². The predicted octanol–water partition coefficient (Wildman–Crippen LogP) is 4.84. The molecule has 1 radical (unpaired) electrons. The second-order valence-electron chi connectivity index (χ2n) is 3.93. The number of halogens is 2. The van der Waals surface area contributed by atoms with Gasteiger partial charge in [-0.15, -0.1) is 0 Å². The van der Waals surface area contributed by atoms with Gasteiger partial charge in [0, 0.05) is 5.92 Å². The van der Waals surface area contributed by atoms with Gasteiger partial charge in [0.25, 0.3) is 0 Å². The summed E-state index contributed by atoms with van der Waals surface area (Å²) in [6.45, 7) is 3.95. The van der Waals surface area contributed by atoms with E-state index in [2.05, 4.69) is 6.92 Å². The molecule has 0 amide bonds. The van der Waals surface area contributed by atoms with Crippen LogP contribution in [0.2, 0.25) is 5.02 Å². The van der Waals surface area contributed by atoms with Crippen molar-refractivity contribution >= 4 is 11.6 Å². The molecule has 1 unspecified atom stereocenters. The summed E-state index contributed by atoms with van der Waals surface area (Å²) in [4.78, 5) is 0. The summed E-state index contributed by atoms with van der Waals surface area (Å²) in [5, 5.41) is 0.164. The fourth-order valence-corrected chi connectivity index (χ4v) is 2.13. The normalized spacial score (nSPS) is 12.4. The Labute approximate surface area is 106 Å². The summed E-state index contributed by atoms with van der Waals surface area (Å²) in [5.74, 6) is -0.222. The Kier molecular flexibility index (Phi) is 3.80. The lowest BCUT2D eigenvalue weighted by Crippen LogP contribution is -2.00. The van der Waals surface area contributed by atoms with Gasteiger partial charge in [-0.2, -0.15) is 0 Å². The van der Waals surface area contributed by atoms with Crippen LogP contribution in [-0.4, -0.2) is 0 Å². The van der Waals surface area contributed by atoms with Gasteiger partial charge in [-0.3, -0.25) is 0 Å². The van der Waals surface area contributed by atoms with Crippen LogP contribution in [0.3, 0.4) is 0 Å². The number of hydrogen-bond donors (Lipinski definition) is 0. The zero-order valence-electron chi connectivity index (χ0n) is 9.37. The first-order chi connectivity index (χ1) is 8.22. The molecule has 1 atom stereocenters. The SMILES string of the molecule is [CH2]CC(c1ccccc1)c1ccc(F)c(Cl)c1. The van der Waals surface area contributed by atoms with Crippen molar-refractivity contribution in [2.45, 2.75) is 12.3 Å². The molecule has 0 aliphatic carbocycles. The highest BCUT2D eigenvalue weighted by Crippen LogP contribution is 2.29. The first-order valence-electron chi connectivity index (χ1n) is 5.51. The maximum Gasteiger partial charge on any atom is 0.141 e. The predicted molar refractivity (Wildman–Crippen MR) is 69.7 cm³/mol. The molecule has 0 N–H and O–H groups in total. The molecule has 0 aliphatic rings. The van der Waals surface area contributed by atoms with Crippen molar-refractivity contribution in [1.82, 2.24) is 0 Å². The average molecular weight is 248 g/mol. The van der Waals surface area contributed by atoms with Crippen LogP contribution in [0.5, 0.6) is 0 Å². The molecular weight excluding hydrogens is 235 g/mol. The summed E-state index contributed by atoms with van der Waals surface area (Å²) < 4.78 is 13.1. The molecule has 2 aromatic rings. The van der Waals surface area contributed by atoms with Crippen molar-refractivity contribution in [2.24, 2.45) is 0 Å². The van der Waals surface area contributed by atoms with Crippen LogP contribution in [0.4, 0.5) is 4.39 Å². The summed E-state index contributed by atoms with van der Waals surface area (Å²) in [6.07, 6.45) is 0.714. The molecule has 0 bridgehead atoms. The first kappa shape index (κ1) is 12.1. The van der Waals surface area contributed by atoms with Crippen LogP contribution in [0.25, 0.3) is 0 Å². The molecule has 0 fully saturated rings. The summed E-state index contributed by atoms with van der Waals surface area (Å²) in [7, 11) is 0. The lowest BCUT2D eigenvalue weighted by Gasteiger charge is -2.16. The van der Waals surface area contributed by atoms with Gasteiger partial charge in [-0.25, -0.2) is 4.39 Å². The van der Waals surface area contributed by atoms with Crippen molar-refractivity contribution in [3.05, 3.63) is 77.4 Å². The Balaban J connectivity index is 2.39. The molecule has 17 heavy (non-hydrogen) atoms. The minimum absolute atomic E-state index is 0.161. The van der Waals surface area contributed by atoms with E-state index < -0.39 is 0 Å². The number of benzene rings is 2. The summed E-state index contributed by atoms with van der Waals surface area (Å²) in [6, 6.07) is 14.9. The molecule has 0 heterocycles. The molecular formula is C15H13ClF. The van der Waals surface area contributed by atoms with Crippen molar-refractivity contribution in [3.8, 4) is 0 Å². The lowest BCUT2D eigenvalue weighted by atomic mass is 9.89. The van der Waals surface area contributed by atoms with Crippen molar-refractivity contribution in [2.75, 3.05) is 0 Å². The quantitative estimate of drug-likeness (QED) is 0.728. The Morgan fingerprint density at radius 1 is 1.06 bits per heavy atom. The third-order valence-electron chi connectivity index (χ3n) is 2.84. The van der Waals surface area contributed by atoms with Crippen LogP contribution >= 0.6 is 11.6 Å². The molecule has 2 aromatic carbocycles. The van der Waals surface area contributed by atoms with Crippen LogP contribution in [0, 0.1) is 12.7 Å². The van der Waals surface area contributed by atoms with Crippen molar-refractivity contribution in [1.29, 1.82) is 0 Å². The van der Waals surface area contributed by atoms with E-state index >= 15 is 0 Å². The smallest absolute Gasteiger partial charge is 0.141 e. The van der Waals surface area contributed by atoms with E-state index in [0.717, 1.165) is 5.56 Å². The summed E-state index contributed by atoms with van der Waals surface area (Å²) >= 11 is 5.81. The highest BCUT2D eigenvalue weighted by Gasteiger charge is 2.13. The average Bonchev–Trinajstić information content (AvgIpc) is 2.36. The van der Waals surface area contributed by atoms with Crippen LogP contribution in [0.15, 0.2) is 48.5 Å². The summed E-state index contributed by atoms with van der Waals surface area (Å²) in [5.41, 5.74) is 2.17. The molecule has 0 aromatic heterocycles. The molecule has 0 saturated carbocycles.